The molecule has 1 aromatic rings. The predicted molar refractivity (Wildman–Crippen MR) is 99.3 cm³/mol. The van der Waals surface area contributed by atoms with Gasteiger partial charge in [-0.15, -0.1) is 0 Å². The number of carbonyl (C=O) groups is 4. The van der Waals surface area contributed by atoms with Crippen molar-refractivity contribution in [3.8, 4) is 5.75 Å². The zero-order valence-corrected chi connectivity index (χ0v) is 15.8. The molecule has 1 atom stereocenters. The molecule has 28 heavy (non-hydrogen) atoms. The zero-order valence-electron chi connectivity index (χ0n) is 15.8. The number of primary amides is 1. The average molecular weight is 391 g/mol. The van der Waals surface area contributed by atoms with Crippen LogP contribution in [0.25, 0.3) is 0 Å². The van der Waals surface area contributed by atoms with Crippen LogP contribution < -0.4 is 11.1 Å². The standard InChI is InChI=1S/C19H25N3O6/c1-12-4-5-14(15(23)9-12)19(27)21-7-6-17(25)28-11-16(24)22-8-2-3-13(10-22)18(20)26/h4-5,9,13,23H,2-3,6-8,10-11H2,1H3,(H2,20,26)(H,21,27). The normalized spacial score (nSPS) is 16.3. The van der Waals surface area contributed by atoms with Crippen LogP contribution in [0.1, 0.15) is 35.2 Å². The van der Waals surface area contributed by atoms with Gasteiger partial charge in [-0.25, -0.2) is 0 Å². The molecule has 1 aliphatic heterocycles. The van der Waals surface area contributed by atoms with Gasteiger partial charge in [0.15, 0.2) is 6.61 Å². The van der Waals surface area contributed by atoms with E-state index < -0.39 is 24.4 Å². The number of likely N-dealkylation sites (tertiary alicyclic amines) is 1. The summed E-state index contributed by atoms with van der Waals surface area (Å²) in [7, 11) is 0. The molecule has 1 fully saturated rings. The zero-order chi connectivity index (χ0) is 20.7. The van der Waals surface area contributed by atoms with Crippen LogP contribution >= 0.6 is 0 Å². The third-order valence-corrected chi connectivity index (χ3v) is 4.55. The van der Waals surface area contributed by atoms with E-state index in [2.05, 4.69) is 5.32 Å². The first-order chi connectivity index (χ1) is 13.3. The molecule has 9 nitrogen and oxygen atoms in total. The first-order valence-corrected chi connectivity index (χ1v) is 9.08. The number of nitrogens with one attached hydrogen (secondary N) is 1. The molecule has 0 aromatic heterocycles. The maximum atomic E-state index is 12.1. The van der Waals surface area contributed by atoms with Crippen LogP contribution in [0.2, 0.25) is 0 Å². The number of phenols is 1. The number of aryl methyl sites for hydroxylation is 1. The number of ether oxygens (including phenoxy) is 1. The first-order valence-electron chi connectivity index (χ1n) is 9.08. The summed E-state index contributed by atoms with van der Waals surface area (Å²) in [4.78, 5) is 48.6. The smallest absolute Gasteiger partial charge is 0.308 e. The summed E-state index contributed by atoms with van der Waals surface area (Å²) in [5.41, 5.74) is 6.21. The first kappa shape index (κ1) is 21.2. The lowest BCUT2D eigenvalue weighted by Gasteiger charge is -2.31. The largest absolute Gasteiger partial charge is 0.507 e. The maximum Gasteiger partial charge on any atom is 0.308 e. The second kappa shape index (κ2) is 9.72. The Bertz CT molecular complexity index is 764. The van der Waals surface area contributed by atoms with E-state index in [9.17, 15) is 24.3 Å². The monoisotopic (exact) mass is 391 g/mol. The minimum atomic E-state index is -0.634. The van der Waals surface area contributed by atoms with Crippen molar-refractivity contribution in [3.05, 3.63) is 29.3 Å². The van der Waals surface area contributed by atoms with Crippen LogP contribution in [0.5, 0.6) is 5.75 Å². The summed E-state index contributed by atoms with van der Waals surface area (Å²) in [6, 6.07) is 4.66. The summed E-state index contributed by atoms with van der Waals surface area (Å²) in [6.07, 6.45) is 1.20. The lowest BCUT2D eigenvalue weighted by atomic mass is 9.97. The van der Waals surface area contributed by atoms with Gasteiger partial charge in [-0.3, -0.25) is 19.2 Å². The van der Waals surface area contributed by atoms with Crippen LogP contribution in [0.15, 0.2) is 18.2 Å². The number of amides is 3. The van der Waals surface area contributed by atoms with E-state index in [0.29, 0.717) is 19.4 Å². The fourth-order valence-corrected chi connectivity index (χ4v) is 2.95. The van der Waals surface area contributed by atoms with Gasteiger partial charge in [0.05, 0.1) is 17.9 Å². The molecule has 1 aromatic carbocycles. The highest BCUT2D eigenvalue weighted by atomic mass is 16.5. The number of carbonyl (C=O) groups excluding carboxylic acids is 4. The number of piperidine rings is 1. The Morgan fingerprint density at radius 1 is 1.32 bits per heavy atom. The molecule has 0 saturated carbocycles. The van der Waals surface area contributed by atoms with Gasteiger partial charge in [-0.1, -0.05) is 6.07 Å². The molecule has 9 heteroatoms. The van der Waals surface area contributed by atoms with Crippen molar-refractivity contribution in [1.29, 1.82) is 0 Å². The lowest BCUT2D eigenvalue weighted by molar-refractivity contribution is -0.153. The molecule has 0 radical (unpaired) electrons. The summed E-state index contributed by atoms with van der Waals surface area (Å²) in [6.45, 7) is 2.11. The molecule has 2 rings (SSSR count). The fraction of sp³-hybridized carbons (Fsp3) is 0.474. The van der Waals surface area contributed by atoms with Crippen molar-refractivity contribution >= 4 is 23.7 Å². The van der Waals surface area contributed by atoms with Crippen LogP contribution in [0, 0.1) is 12.8 Å². The molecule has 4 N–H and O–H groups in total. The van der Waals surface area contributed by atoms with Crippen molar-refractivity contribution in [2.75, 3.05) is 26.2 Å². The van der Waals surface area contributed by atoms with Gasteiger partial charge in [-0.05, 0) is 37.5 Å². The number of hydrogen-bond acceptors (Lipinski definition) is 6. The summed E-state index contributed by atoms with van der Waals surface area (Å²) in [5, 5.41) is 12.3. The minimum Gasteiger partial charge on any atom is -0.507 e. The van der Waals surface area contributed by atoms with E-state index in [4.69, 9.17) is 10.5 Å². The average Bonchev–Trinajstić information content (AvgIpc) is 2.66. The SMILES string of the molecule is Cc1ccc(C(=O)NCCC(=O)OCC(=O)N2CCCC(C(N)=O)C2)c(O)c1. The molecule has 0 spiro atoms. The number of aromatic hydroxyl groups is 1. The Labute approximate surface area is 162 Å². The van der Waals surface area contributed by atoms with Gasteiger partial charge in [-0.2, -0.15) is 0 Å². The third-order valence-electron chi connectivity index (χ3n) is 4.55. The molecule has 0 bridgehead atoms. The maximum absolute atomic E-state index is 12.1. The minimum absolute atomic E-state index is 0.00658. The molecule has 1 heterocycles. The van der Waals surface area contributed by atoms with Gasteiger partial charge >= 0.3 is 5.97 Å². The predicted octanol–water partition coefficient (Wildman–Crippen LogP) is 0.0876. The lowest BCUT2D eigenvalue weighted by Crippen LogP contribution is -2.45. The molecule has 152 valence electrons. The Kier molecular flexibility index (Phi) is 7.36. The second-order valence-corrected chi connectivity index (χ2v) is 6.77. The van der Waals surface area contributed by atoms with Gasteiger partial charge < -0.3 is 25.8 Å². The van der Waals surface area contributed by atoms with Crippen molar-refractivity contribution in [3.63, 3.8) is 0 Å². The number of nitrogens with two attached hydrogens (primary N) is 1. The molecule has 1 saturated heterocycles. The summed E-state index contributed by atoms with van der Waals surface area (Å²) in [5.74, 6) is -2.47. The number of hydrogen-bond donors (Lipinski definition) is 3. The number of phenolic OH excluding ortho intramolecular Hbond substituents is 1. The van der Waals surface area contributed by atoms with E-state index in [0.717, 1.165) is 5.56 Å². The van der Waals surface area contributed by atoms with E-state index >= 15 is 0 Å². The Morgan fingerprint density at radius 2 is 2.07 bits per heavy atom. The molecule has 0 aliphatic carbocycles. The van der Waals surface area contributed by atoms with Crippen molar-refractivity contribution < 1.29 is 29.0 Å². The highest BCUT2D eigenvalue weighted by Crippen LogP contribution is 2.18. The molecular formula is C19H25N3O6. The topological polar surface area (TPSA) is 139 Å². The van der Waals surface area contributed by atoms with E-state index in [1.54, 1.807) is 13.0 Å². The van der Waals surface area contributed by atoms with Crippen LogP contribution in [-0.4, -0.2) is 59.9 Å². The van der Waals surface area contributed by atoms with Gasteiger partial charge in [0.1, 0.15) is 5.75 Å². The van der Waals surface area contributed by atoms with Crippen molar-refractivity contribution in [2.24, 2.45) is 11.7 Å². The Balaban J connectivity index is 1.70. The quantitative estimate of drug-likeness (QED) is 0.563. The van der Waals surface area contributed by atoms with Crippen LogP contribution in [-0.2, 0) is 19.1 Å². The van der Waals surface area contributed by atoms with Crippen LogP contribution in [0.4, 0.5) is 0 Å². The van der Waals surface area contributed by atoms with Crippen LogP contribution in [0.3, 0.4) is 0 Å². The molecule has 1 unspecified atom stereocenters. The Morgan fingerprint density at radius 3 is 2.75 bits per heavy atom. The molecular weight excluding hydrogens is 366 g/mol. The number of benzene rings is 1. The number of esters is 1. The molecule has 3 amide bonds. The van der Waals surface area contributed by atoms with Crippen molar-refractivity contribution in [2.45, 2.75) is 26.2 Å². The van der Waals surface area contributed by atoms with Crippen molar-refractivity contribution in [1.82, 2.24) is 10.2 Å². The molecule has 1 aliphatic rings. The summed E-state index contributed by atoms with van der Waals surface area (Å²) >= 11 is 0. The van der Waals surface area contributed by atoms with E-state index in [1.807, 2.05) is 0 Å². The summed E-state index contributed by atoms with van der Waals surface area (Å²) < 4.78 is 4.93. The highest BCUT2D eigenvalue weighted by molar-refractivity contribution is 5.97. The van der Waals surface area contributed by atoms with E-state index in [1.165, 1.54) is 17.0 Å². The fourth-order valence-electron chi connectivity index (χ4n) is 2.95. The second-order valence-electron chi connectivity index (χ2n) is 6.77. The van der Waals surface area contributed by atoms with E-state index in [-0.39, 0.29) is 42.6 Å². The Hall–Kier alpha value is -3.10. The third kappa shape index (κ3) is 5.97. The number of rotatable bonds is 7. The highest BCUT2D eigenvalue weighted by Gasteiger charge is 2.27. The number of nitrogens with zero attached hydrogens (tertiary/aromatic N) is 1. The van der Waals surface area contributed by atoms with Gasteiger partial charge in [0.2, 0.25) is 5.91 Å². The van der Waals surface area contributed by atoms with Gasteiger partial charge in [0.25, 0.3) is 11.8 Å². The van der Waals surface area contributed by atoms with Gasteiger partial charge in [0, 0.05) is 19.6 Å².